The number of ether oxygens (including phenoxy) is 2. The fourth-order valence-corrected chi connectivity index (χ4v) is 3.26. The number of β-lactam (4-membered cyclic amide) rings is 1. The lowest BCUT2D eigenvalue weighted by molar-refractivity contribution is -0.156. The van der Waals surface area contributed by atoms with Crippen molar-refractivity contribution in [2.75, 3.05) is 13.7 Å². The number of allylic oxidation sites excluding steroid dienone is 1. The van der Waals surface area contributed by atoms with Crippen LogP contribution >= 0.6 is 11.6 Å². The van der Waals surface area contributed by atoms with Crippen LogP contribution in [0.5, 0.6) is 5.75 Å². The van der Waals surface area contributed by atoms with E-state index in [-0.39, 0.29) is 24.3 Å². The molecule has 1 aromatic carbocycles. The molecule has 0 aliphatic carbocycles. The third-order valence-electron chi connectivity index (χ3n) is 4.19. The Hall–Kier alpha value is -2.54. The van der Waals surface area contributed by atoms with Crippen LogP contribution in [0.25, 0.3) is 0 Å². The second kappa shape index (κ2) is 7.14. The highest BCUT2D eigenvalue weighted by Gasteiger charge is 2.53. The number of methoxy groups -OCH3 is 1. The van der Waals surface area contributed by atoms with Gasteiger partial charge < -0.3 is 14.8 Å². The summed E-state index contributed by atoms with van der Waals surface area (Å²) in [6.07, 6.45) is 1.02. The van der Waals surface area contributed by atoms with Crippen LogP contribution in [0.15, 0.2) is 41.1 Å². The first-order valence-corrected chi connectivity index (χ1v) is 8.18. The van der Waals surface area contributed by atoms with Crippen LogP contribution in [0.1, 0.15) is 12.8 Å². The molecule has 1 fully saturated rings. The zero-order valence-electron chi connectivity index (χ0n) is 13.5. The van der Waals surface area contributed by atoms with Gasteiger partial charge in [0.2, 0.25) is 0 Å². The van der Waals surface area contributed by atoms with E-state index in [9.17, 15) is 14.4 Å². The Morgan fingerprint density at radius 2 is 2.04 bits per heavy atom. The van der Waals surface area contributed by atoms with Crippen LogP contribution in [0.4, 0.5) is 0 Å². The van der Waals surface area contributed by atoms with Crippen LogP contribution in [-0.4, -0.2) is 48.5 Å². The summed E-state index contributed by atoms with van der Waals surface area (Å²) in [4.78, 5) is 37.5. The van der Waals surface area contributed by atoms with Crippen molar-refractivity contribution in [3.63, 3.8) is 0 Å². The van der Waals surface area contributed by atoms with Crippen LogP contribution < -0.4 is 10.1 Å². The van der Waals surface area contributed by atoms with Gasteiger partial charge in [0, 0.05) is 5.03 Å². The summed E-state index contributed by atoms with van der Waals surface area (Å²) in [6.45, 7) is -0.193. The highest BCUT2D eigenvalue weighted by Crippen LogP contribution is 2.38. The van der Waals surface area contributed by atoms with Gasteiger partial charge in [-0.15, -0.1) is 0 Å². The molecule has 2 amide bonds. The van der Waals surface area contributed by atoms with Gasteiger partial charge in [-0.05, 0) is 25.0 Å². The molecule has 2 heterocycles. The number of halogens is 1. The molecule has 1 aromatic rings. The number of fused-ring (bicyclic) bond motifs is 1. The van der Waals surface area contributed by atoms with Crippen molar-refractivity contribution in [2.45, 2.75) is 24.9 Å². The molecule has 1 N–H and O–H groups in total. The lowest BCUT2D eigenvalue weighted by atomic mass is 9.86. The molecule has 3 rings (SSSR count). The predicted molar refractivity (Wildman–Crippen MR) is 88.6 cm³/mol. The maximum atomic E-state index is 12.4. The van der Waals surface area contributed by atoms with Crippen molar-refractivity contribution in [3.8, 4) is 5.75 Å². The number of nitrogens with zero attached hydrogens (tertiary/aromatic N) is 1. The Morgan fingerprint density at radius 3 is 2.72 bits per heavy atom. The van der Waals surface area contributed by atoms with E-state index in [1.54, 1.807) is 24.3 Å². The molecule has 2 atom stereocenters. The monoisotopic (exact) mass is 364 g/mol. The van der Waals surface area contributed by atoms with Gasteiger partial charge in [-0.3, -0.25) is 14.5 Å². The Bertz CT molecular complexity index is 734. The van der Waals surface area contributed by atoms with E-state index in [2.05, 4.69) is 10.1 Å². The minimum absolute atomic E-state index is 0.0662. The topological polar surface area (TPSA) is 84.9 Å². The Kier molecular flexibility index (Phi) is 4.94. The molecule has 0 bridgehead atoms. The Balaban J connectivity index is 1.60. The zero-order valence-corrected chi connectivity index (χ0v) is 14.3. The summed E-state index contributed by atoms with van der Waals surface area (Å²) >= 11 is 6.06. The van der Waals surface area contributed by atoms with Gasteiger partial charge in [0.05, 0.1) is 13.2 Å². The third kappa shape index (κ3) is 3.32. The van der Waals surface area contributed by atoms with Gasteiger partial charge >= 0.3 is 5.97 Å². The molecule has 8 heteroatoms. The molecule has 0 spiro atoms. The number of carbonyl (C=O) groups is 3. The number of hydrogen-bond acceptors (Lipinski definition) is 5. The maximum Gasteiger partial charge on any atom is 0.355 e. The van der Waals surface area contributed by atoms with E-state index in [4.69, 9.17) is 16.3 Å². The highest BCUT2D eigenvalue weighted by atomic mass is 35.5. The van der Waals surface area contributed by atoms with Crippen LogP contribution in [0.3, 0.4) is 0 Å². The Labute approximate surface area is 149 Å². The van der Waals surface area contributed by atoms with Gasteiger partial charge in [0.1, 0.15) is 17.5 Å². The van der Waals surface area contributed by atoms with Gasteiger partial charge in [-0.25, -0.2) is 4.79 Å². The van der Waals surface area contributed by atoms with Crippen LogP contribution in [-0.2, 0) is 19.1 Å². The number of benzene rings is 1. The van der Waals surface area contributed by atoms with Crippen molar-refractivity contribution in [2.24, 2.45) is 0 Å². The first kappa shape index (κ1) is 17.3. The van der Waals surface area contributed by atoms with Gasteiger partial charge in [0.15, 0.2) is 6.61 Å². The smallest absolute Gasteiger partial charge is 0.355 e. The number of carbonyl (C=O) groups excluding carboxylic acids is 3. The standard InChI is InChI=1S/C17H17ClN2O5/c1-24-17(23)15-11(18)7-8-12-14(16(22)20(12)15)19-13(21)9-25-10-5-3-2-4-6-10/h2-6,12,14H,7-9H2,1H3,(H,19,21)/t12-,14+/m1/s1. The van der Waals surface area contributed by atoms with Gasteiger partial charge in [0.25, 0.3) is 11.8 Å². The zero-order chi connectivity index (χ0) is 18.0. The SMILES string of the molecule is COC(=O)C1=C(Cl)CC[C@@H]2[C@H](NC(=O)COc3ccccc3)C(=O)N12. The number of esters is 1. The van der Waals surface area contributed by atoms with Gasteiger partial charge in [-0.1, -0.05) is 29.8 Å². The van der Waals surface area contributed by atoms with Crippen molar-refractivity contribution < 1.29 is 23.9 Å². The average molecular weight is 365 g/mol. The van der Waals surface area contributed by atoms with E-state index >= 15 is 0 Å². The Morgan fingerprint density at radius 1 is 1.32 bits per heavy atom. The van der Waals surface area contributed by atoms with Gasteiger partial charge in [-0.2, -0.15) is 0 Å². The van der Waals surface area contributed by atoms with E-state index in [0.29, 0.717) is 23.6 Å². The molecule has 2 aliphatic rings. The summed E-state index contributed by atoms with van der Waals surface area (Å²) in [5.41, 5.74) is 0.0662. The van der Waals surface area contributed by atoms with Crippen LogP contribution in [0.2, 0.25) is 0 Å². The lowest BCUT2D eigenvalue weighted by Crippen LogP contribution is -2.71. The molecular weight excluding hydrogens is 348 g/mol. The number of hydrogen-bond donors (Lipinski definition) is 1. The van der Waals surface area contributed by atoms with Crippen LogP contribution in [0, 0.1) is 0 Å². The second-order valence-electron chi connectivity index (χ2n) is 5.71. The molecular formula is C17H17ClN2O5. The average Bonchev–Trinajstić information content (AvgIpc) is 2.64. The highest BCUT2D eigenvalue weighted by molar-refractivity contribution is 6.32. The van der Waals surface area contributed by atoms with E-state index < -0.39 is 17.9 Å². The van der Waals surface area contributed by atoms with Crippen molar-refractivity contribution in [3.05, 3.63) is 41.1 Å². The predicted octanol–water partition coefficient (Wildman–Crippen LogP) is 1.18. The summed E-state index contributed by atoms with van der Waals surface area (Å²) < 4.78 is 10.0. The first-order valence-electron chi connectivity index (χ1n) is 7.80. The quantitative estimate of drug-likeness (QED) is 0.626. The molecule has 1 saturated heterocycles. The van der Waals surface area contributed by atoms with Crippen molar-refractivity contribution in [1.82, 2.24) is 10.2 Å². The van der Waals surface area contributed by atoms with E-state index in [1.165, 1.54) is 12.0 Å². The number of rotatable bonds is 5. The minimum Gasteiger partial charge on any atom is -0.484 e. The normalized spacial score (nSPS) is 22.0. The largest absolute Gasteiger partial charge is 0.484 e. The van der Waals surface area contributed by atoms with E-state index in [1.807, 2.05) is 6.07 Å². The summed E-state index contributed by atoms with van der Waals surface area (Å²) in [6, 6.07) is 7.93. The molecule has 0 radical (unpaired) electrons. The fourth-order valence-electron chi connectivity index (χ4n) is 2.98. The first-order chi connectivity index (χ1) is 12.0. The molecule has 2 aliphatic heterocycles. The number of amides is 2. The van der Waals surface area contributed by atoms with Crippen molar-refractivity contribution >= 4 is 29.4 Å². The molecule has 132 valence electrons. The molecule has 7 nitrogen and oxygen atoms in total. The molecule has 25 heavy (non-hydrogen) atoms. The number of para-hydroxylation sites is 1. The minimum atomic E-state index is -0.684. The van der Waals surface area contributed by atoms with E-state index in [0.717, 1.165) is 0 Å². The number of nitrogens with one attached hydrogen (secondary N) is 1. The molecule has 0 unspecified atom stereocenters. The lowest BCUT2D eigenvalue weighted by Gasteiger charge is -2.49. The summed E-state index contributed by atoms with van der Waals surface area (Å²) in [5.74, 6) is -0.863. The summed E-state index contributed by atoms with van der Waals surface area (Å²) in [7, 11) is 1.23. The fraction of sp³-hybridized carbons (Fsp3) is 0.353. The molecule has 0 aromatic heterocycles. The summed E-state index contributed by atoms with van der Waals surface area (Å²) in [5, 5.41) is 2.95. The van der Waals surface area contributed by atoms with Crippen molar-refractivity contribution in [1.29, 1.82) is 0 Å². The maximum absolute atomic E-state index is 12.4. The molecule has 0 saturated carbocycles. The second-order valence-corrected chi connectivity index (χ2v) is 6.16. The third-order valence-corrected chi connectivity index (χ3v) is 4.55.